The molecule has 1 fully saturated rings. The molecule has 2 aromatic carbocycles. The smallest absolute Gasteiger partial charge is 0.365 e. The molecule has 0 spiro atoms. The van der Waals surface area contributed by atoms with E-state index in [0.29, 0.717) is 5.92 Å². The van der Waals surface area contributed by atoms with E-state index in [1.54, 1.807) is 7.11 Å². The predicted octanol–water partition coefficient (Wildman–Crippen LogP) is 3.94. The standard InChI is InChI=1S/C19H18N2O5/c1-12(17-11-18(17)13-5-9-16(25-2)10-6-13)20-26-19(22)14-3-7-15(8-4-14)21(23)24/h3-10,17-18H,11H2,1-2H3/b20-12-/t17-,18-/m1/s1. The number of methoxy groups -OCH3 is 1. The normalized spacial score (nSPS) is 18.9. The lowest BCUT2D eigenvalue weighted by molar-refractivity contribution is -0.384. The third-order valence-electron chi connectivity index (χ3n) is 4.46. The average Bonchev–Trinajstić information content (AvgIpc) is 3.47. The molecule has 1 aliphatic carbocycles. The number of nitro benzene ring substituents is 1. The van der Waals surface area contributed by atoms with Gasteiger partial charge >= 0.3 is 5.97 Å². The molecular formula is C19H18N2O5. The molecule has 2 aromatic rings. The van der Waals surface area contributed by atoms with Gasteiger partial charge in [0.1, 0.15) is 5.75 Å². The summed E-state index contributed by atoms with van der Waals surface area (Å²) in [5, 5.41) is 14.6. The Balaban J connectivity index is 1.58. The van der Waals surface area contributed by atoms with E-state index in [1.807, 2.05) is 31.2 Å². The Morgan fingerprint density at radius 2 is 1.81 bits per heavy atom. The van der Waals surface area contributed by atoms with Gasteiger partial charge in [0.25, 0.3) is 5.69 Å². The van der Waals surface area contributed by atoms with Crippen LogP contribution in [0.2, 0.25) is 0 Å². The van der Waals surface area contributed by atoms with E-state index in [2.05, 4.69) is 5.16 Å². The van der Waals surface area contributed by atoms with Crippen LogP contribution in [0.1, 0.15) is 35.2 Å². The number of hydrogen-bond acceptors (Lipinski definition) is 6. The number of oxime groups is 1. The number of rotatable bonds is 6. The van der Waals surface area contributed by atoms with Crippen molar-refractivity contribution in [2.75, 3.05) is 7.11 Å². The molecule has 134 valence electrons. The van der Waals surface area contributed by atoms with E-state index in [-0.39, 0.29) is 17.2 Å². The fraction of sp³-hybridized carbons (Fsp3) is 0.263. The van der Waals surface area contributed by atoms with E-state index in [9.17, 15) is 14.9 Å². The molecule has 7 nitrogen and oxygen atoms in total. The summed E-state index contributed by atoms with van der Waals surface area (Å²) in [5.41, 5.74) is 2.09. The molecule has 7 heteroatoms. The quantitative estimate of drug-likeness (QED) is 0.339. The number of non-ortho nitro benzene ring substituents is 1. The Morgan fingerprint density at radius 1 is 1.15 bits per heavy atom. The highest BCUT2D eigenvalue weighted by Crippen LogP contribution is 2.48. The maximum Gasteiger partial charge on any atom is 0.365 e. The van der Waals surface area contributed by atoms with Gasteiger partial charge in [-0.1, -0.05) is 17.3 Å². The topological polar surface area (TPSA) is 91.0 Å². The summed E-state index contributed by atoms with van der Waals surface area (Å²) < 4.78 is 5.15. The monoisotopic (exact) mass is 354 g/mol. The summed E-state index contributed by atoms with van der Waals surface area (Å²) in [7, 11) is 1.63. The first-order valence-electron chi connectivity index (χ1n) is 8.14. The van der Waals surface area contributed by atoms with Crippen LogP contribution in [-0.4, -0.2) is 23.7 Å². The lowest BCUT2D eigenvalue weighted by Crippen LogP contribution is -2.05. The number of carbonyl (C=O) groups is 1. The highest BCUT2D eigenvalue weighted by atomic mass is 16.7. The molecule has 0 unspecified atom stereocenters. The Kier molecular flexibility index (Phi) is 4.97. The SMILES string of the molecule is COc1ccc([C@H]2C[C@@H]2/C(C)=N\OC(=O)c2ccc([N+](=O)[O-])cc2)cc1. The van der Waals surface area contributed by atoms with Crippen molar-refractivity contribution >= 4 is 17.4 Å². The van der Waals surface area contributed by atoms with Gasteiger partial charge < -0.3 is 9.57 Å². The van der Waals surface area contributed by atoms with Gasteiger partial charge in [0.2, 0.25) is 0 Å². The van der Waals surface area contributed by atoms with Crippen LogP contribution in [0.5, 0.6) is 5.75 Å². The fourth-order valence-electron chi connectivity index (χ4n) is 2.83. The minimum absolute atomic E-state index is 0.0819. The molecule has 0 heterocycles. The van der Waals surface area contributed by atoms with Crippen LogP contribution in [0.25, 0.3) is 0 Å². The van der Waals surface area contributed by atoms with E-state index in [0.717, 1.165) is 17.9 Å². The van der Waals surface area contributed by atoms with Crippen molar-refractivity contribution < 1.29 is 19.3 Å². The van der Waals surface area contributed by atoms with Crippen molar-refractivity contribution in [3.63, 3.8) is 0 Å². The maximum absolute atomic E-state index is 12.0. The Bertz CT molecular complexity index is 843. The van der Waals surface area contributed by atoms with Gasteiger partial charge in [-0.3, -0.25) is 10.1 Å². The number of benzene rings is 2. The second-order valence-electron chi connectivity index (χ2n) is 6.14. The summed E-state index contributed by atoms with van der Waals surface area (Å²) in [5.74, 6) is 0.782. The van der Waals surface area contributed by atoms with E-state index < -0.39 is 10.9 Å². The van der Waals surface area contributed by atoms with Crippen LogP contribution in [0.4, 0.5) is 5.69 Å². The van der Waals surface area contributed by atoms with Crippen LogP contribution >= 0.6 is 0 Å². The molecule has 0 amide bonds. The van der Waals surface area contributed by atoms with Crippen molar-refractivity contribution in [2.45, 2.75) is 19.3 Å². The molecule has 0 aromatic heterocycles. The zero-order chi connectivity index (χ0) is 18.7. The molecule has 1 saturated carbocycles. The van der Waals surface area contributed by atoms with E-state index in [1.165, 1.54) is 29.8 Å². The predicted molar refractivity (Wildman–Crippen MR) is 95.5 cm³/mol. The zero-order valence-electron chi connectivity index (χ0n) is 14.4. The Morgan fingerprint density at radius 3 is 2.38 bits per heavy atom. The summed E-state index contributed by atoms with van der Waals surface area (Å²) >= 11 is 0. The minimum Gasteiger partial charge on any atom is -0.497 e. The van der Waals surface area contributed by atoms with Gasteiger partial charge in [-0.2, -0.15) is 0 Å². The summed E-state index contributed by atoms with van der Waals surface area (Å²) in [4.78, 5) is 27.1. The minimum atomic E-state index is -0.638. The molecule has 0 N–H and O–H groups in total. The second kappa shape index (κ2) is 7.35. The summed E-state index contributed by atoms with van der Waals surface area (Å²) in [6.45, 7) is 1.83. The van der Waals surface area contributed by atoms with Crippen LogP contribution in [0, 0.1) is 16.0 Å². The van der Waals surface area contributed by atoms with Gasteiger partial charge in [-0.25, -0.2) is 4.79 Å². The largest absolute Gasteiger partial charge is 0.497 e. The first-order chi connectivity index (χ1) is 12.5. The molecule has 26 heavy (non-hydrogen) atoms. The molecular weight excluding hydrogens is 336 g/mol. The van der Waals surface area contributed by atoms with Gasteiger partial charge in [-0.15, -0.1) is 0 Å². The highest BCUT2D eigenvalue weighted by molar-refractivity contribution is 5.92. The van der Waals surface area contributed by atoms with Gasteiger partial charge in [0.15, 0.2) is 0 Å². The molecule has 0 radical (unpaired) electrons. The maximum atomic E-state index is 12.0. The van der Waals surface area contributed by atoms with Crippen LogP contribution < -0.4 is 4.74 Å². The summed E-state index contributed by atoms with van der Waals surface area (Å²) in [6.07, 6.45) is 0.955. The number of nitro groups is 1. The molecule has 0 saturated heterocycles. The molecule has 0 aliphatic heterocycles. The Hall–Kier alpha value is -3.22. The number of nitrogens with zero attached hydrogens (tertiary/aromatic N) is 2. The zero-order valence-corrected chi connectivity index (χ0v) is 14.4. The van der Waals surface area contributed by atoms with Crippen molar-refractivity contribution in [1.82, 2.24) is 0 Å². The molecule has 3 rings (SSSR count). The molecule has 2 atom stereocenters. The van der Waals surface area contributed by atoms with Crippen LogP contribution in [0.3, 0.4) is 0 Å². The molecule has 0 bridgehead atoms. The van der Waals surface area contributed by atoms with Crippen molar-refractivity contribution in [1.29, 1.82) is 0 Å². The summed E-state index contributed by atoms with van der Waals surface area (Å²) in [6, 6.07) is 13.1. The number of hydrogen-bond donors (Lipinski definition) is 0. The first-order valence-corrected chi connectivity index (χ1v) is 8.14. The second-order valence-corrected chi connectivity index (χ2v) is 6.14. The first kappa shape index (κ1) is 17.6. The van der Waals surface area contributed by atoms with Gasteiger partial charge in [0.05, 0.1) is 23.3 Å². The molecule has 1 aliphatic rings. The number of ether oxygens (including phenoxy) is 1. The van der Waals surface area contributed by atoms with E-state index >= 15 is 0 Å². The van der Waals surface area contributed by atoms with E-state index in [4.69, 9.17) is 9.57 Å². The van der Waals surface area contributed by atoms with Gasteiger partial charge in [0, 0.05) is 18.1 Å². The van der Waals surface area contributed by atoms with Crippen molar-refractivity contribution in [3.05, 3.63) is 69.8 Å². The fourth-order valence-corrected chi connectivity index (χ4v) is 2.83. The van der Waals surface area contributed by atoms with Crippen molar-refractivity contribution in [3.8, 4) is 5.75 Å². The highest BCUT2D eigenvalue weighted by Gasteiger charge is 2.40. The van der Waals surface area contributed by atoms with Crippen LogP contribution in [-0.2, 0) is 4.84 Å². The lowest BCUT2D eigenvalue weighted by Gasteiger charge is -2.03. The van der Waals surface area contributed by atoms with Crippen LogP contribution in [0.15, 0.2) is 53.7 Å². The van der Waals surface area contributed by atoms with Gasteiger partial charge in [-0.05, 0) is 49.1 Å². The average molecular weight is 354 g/mol. The third kappa shape index (κ3) is 3.88. The number of carbonyl (C=O) groups excluding carboxylic acids is 1. The van der Waals surface area contributed by atoms with Crippen molar-refractivity contribution in [2.24, 2.45) is 11.1 Å². The lowest BCUT2D eigenvalue weighted by atomic mass is 10.1. The third-order valence-corrected chi connectivity index (χ3v) is 4.46. The Labute approximate surface area is 150 Å².